The van der Waals surface area contributed by atoms with E-state index in [0.29, 0.717) is 0 Å². The highest BCUT2D eigenvalue weighted by Gasteiger charge is 2.24. The highest BCUT2D eigenvalue weighted by molar-refractivity contribution is 7.11. The van der Waals surface area contributed by atoms with Gasteiger partial charge in [0.1, 0.15) is 0 Å². The summed E-state index contributed by atoms with van der Waals surface area (Å²) in [4.78, 5) is 5.32. The number of aryl methyl sites for hydroxylation is 3. The molecule has 0 amide bonds. The average Bonchev–Trinajstić information content (AvgIpc) is 3.10. The largest absolute Gasteiger partial charge is 0.353 e. The molecule has 114 valence electrons. The predicted molar refractivity (Wildman–Crippen MR) is 89.6 cm³/mol. The Bertz CT molecular complexity index is 824. The molecule has 0 bridgehead atoms. The fourth-order valence-corrected chi connectivity index (χ4v) is 4.20. The van der Waals surface area contributed by atoms with Gasteiger partial charge in [0, 0.05) is 72.7 Å². The molecule has 22 heavy (non-hydrogen) atoms. The van der Waals surface area contributed by atoms with E-state index in [0.717, 1.165) is 25.3 Å². The molecule has 0 atom stereocenters. The van der Waals surface area contributed by atoms with Gasteiger partial charge in [-0.3, -0.25) is 9.58 Å². The third-order valence-corrected chi connectivity index (χ3v) is 5.29. The van der Waals surface area contributed by atoms with Crippen molar-refractivity contribution in [1.29, 1.82) is 0 Å². The van der Waals surface area contributed by atoms with Crippen LogP contribution in [0.4, 0.5) is 0 Å². The molecule has 4 rings (SSSR count). The molecule has 3 aromatic rings. The van der Waals surface area contributed by atoms with Crippen LogP contribution < -0.4 is 0 Å². The summed E-state index contributed by atoms with van der Waals surface area (Å²) >= 11 is 1.89. The number of aromatic nitrogens is 3. The molecule has 0 spiro atoms. The first kappa shape index (κ1) is 13.8. The summed E-state index contributed by atoms with van der Waals surface area (Å²) in [6.45, 7) is 5.09. The van der Waals surface area contributed by atoms with E-state index < -0.39 is 0 Å². The second kappa shape index (κ2) is 5.11. The van der Waals surface area contributed by atoms with Crippen LogP contribution >= 0.6 is 11.3 Å². The van der Waals surface area contributed by atoms with E-state index in [1.54, 1.807) is 0 Å². The van der Waals surface area contributed by atoms with Gasteiger partial charge in [0.25, 0.3) is 0 Å². The Morgan fingerprint density at radius 2 is 2.05 bits per heavy atom. The first-order chi connectivity index (χ1) is 10.6. The van der Waals surface area contributed by atoms with Crippen LogP contribution in [0.25, 0.3) is 11.3 Å². The molecular weight excluding hydrogens is 292 g/mol. The minimum absolute atomic E-state index is 0.953. The molecule has 0 N–H and O–H groups in total. The van der Waals surface area contributed by atoms with Gasteiger partial charge in [0.15, 0.2) is 0 Å². The van der Waals surface area contributed by atoms with E-state index in [1.165, 1.54) is 26.6 Å². The van der Waals surface area contributed by atoms with E-state index in [4.69, 9.17) is 5.10 Å². The van der Waals surface area contributed by atoms with Crippen LogP contribution in [0.2, 0.25) is 0 Å². The van der Waals surface area contributed by atoms with Crippen LogP contribution in [0.3, 0.4) is 0 Å². The van der Waals surface area contributed by atoms with Gasteiger partial charge in [0.05, 0.1) is 5.69 Å². The molecule has 0 saturated heterocycles. The first-order valence-corrected chi connectivity index (χ1v) is 8.36. The summed E-state index contributed by atoms with van der Waals surface area (Å²) in [6, 6.07) is 6.65. The Balaban J connectivity index is 1.73. The van der Waals surface area contributed by atoms with Crippen molar-refractivity contribution in [3.63, 3.8) is 0 Å². The van der Waals surface area contributed by atoms with Crippen molar-refractivity contribution >= 4 is 11.3 Å². The smallest absolute Gasteiger partial charge is 0.0986 e. The Labute approximate surface area is 134 Å². The van der Waals surface area contributed by atoms with Gasteiger partial charge in [-0.05, 0) is 25.1 Å². The first-order valence-electron chi connectivity index (χ1n) is 7.55. The lowest BCUT2D eigenvalue weighted by molar-refractivity contribution is 0.247. The highest BCUT2D eigenvalue weighted by Crippen LogP contribution is 2.33. The van der Waals surface area contributed by atoms with E-state index in [2.05, 4.69) is 54.0 Å². The van der Waals surface area contributed by atoms with Gasteiger partial charge < -0.3 is 4.57 Å². The van der Waals surface area contributed by atoms with Crippen molar-refractivity contribution in [2.75, 3.05) is 0 Å². The van der Waals surface area contributed by atoms with Crippen LogP contribution in [-0.2, 0) is 33.7 Å². The summed E-state index contributed by atoms with van der Waals surface area (Å²) in [5, 5.41) is 4.69. The Kier molecular flexibility index (Phi) is 3.20. The lowest BCUT2D eigenvalue weighted by atomic mass is 10.1. The van der Waals surface area contributed by atoms with E-state index in [-0.39, 0.29) is 0 Å². The van der Waals surface area contributed by atoms with Gasteiger partial charge in [-0.25, -0.2) is 0 Å². The molecule has 1 aliphatic rings. The van der Waals surface area contributed by atoms with Crippen LogP contribution in [0, 0.1) is 6.92 Å². The predicted octanol–water partition coefficient (Wildman–Crippen LogP) is 3.31. The van der Waals surface area contributed by atoms with E-state index in [1.807, 2.05) is 23.1 Å². The maximum atomic E-state index is 4.69. The quantitative estimate of drug-likeness (QED) is 0.725. The fraction of sp³-hybridized carbons (Fsp3) is 0.353. The van der Waals surface area contributed by atoms with Gasteiger partial charge in [-0.1, -0.05) is 0 Å². The lowest BCUT2D eigenvalue weighted by Gasteiger charge is -2.20. The van der Waals surface area contributed by atoms with Crippen molar-refractivity contribution in [2.45, 2.75) is 26.6 Å². The van der Waals surface area contributed by atoms with E-state index in [9.17, 15) is 0 Å². The zero-order chi connectivity index (χ0) is 15.3. The fourth-order valence-electron chi connectivity index (χ4n) is 3.27. The topological polar surface area (TPSA) is 26.0 Å². The van der Waals surface area contributed by atoms with Crippen molar-refractivity contribution in [3.8, 4) is 11.3 Å². The molecule has 4 heterocycles. The summed E-state index contributed by atoms with van der Waals surface area (Å²) in [5.41, 5.74) is 5.09. The van der Waals surface area contributed by atoms with Crippen LogP contribution in [0.5, 0.6) is 0 Å². The van der Waals surface area contributed by atoms with Gasteiger partial charge in [0.2, 0.25) is 0 Å². The second-order valence-electron chi connectivity index (χ2n) is 6.12. The average molecular weight is 312 g/mol. The molecule has 0 fully saturated rings. The van der Waals surface area contributed by atoms with Crippen molar-refractivity contribution in [1.82, 2.24) is 19.2 Å². The third-order valence-electron chi connectivity index (χ3n) is 4.30. The molecule has 0 aliphatic carbocycles. The zero-order valence-electron chi connectivity index (χ0n) is 13.2. The van der Waals surface area contributed by atoms with Crippen molar-refractivity contribution < 1.29 is 0 Å². The Hall–Kier alpha value is -1.85. The second-order valence-corrected chi connectivity index (χ2v) is 7.49. The van der Waals surface area contributed by atoms with Crippen LogP contribution in [0.1, 0.15) is 21.0 Å². The summed E-state index contributed by atoms with van der Waals surface area (Å²) in [6.07, 6.45) is 4.30. The van der Waals surface area contributed by atoms with Crippen LogP contribution in [-0.4, -0.2) is 19.2 Å². The Morgan fingerprint density at radius 1 is 1.18 bits per heavy atom. The third kappa shape index (κ3) is 2.30. The molecular formula is C17H20N4S. The van der Waals surface area contributed by atoms with Crippen LogP contribution in [0.15, 0.2) is 30.6 Å². The summed E-state index contributed by atoms with van der Waals surface area (Å²) in [5.74, 6) is 0. The maximum absolute atomic E-state index is 4.69. The highest BCUT2D eigenvalue weighted by atomic mass is 32.1. The Morgan fingerprint density at radius 3 is 2.82 bits per heavy atom. The zero-order valence-corrected chi connectivity index (χ0v) is 14.0. The molecule has 5 heteroatoms. The number of rotatable bonds is 2. The summed E-state index contributed by atoms with van der Waals surface area (Å²) in [7, 11) is 4.13. The molecule has 0 unspecified atom stereocenters. The molecule has 0 saturated carbocycles. The number of nitrogens with zero attached hydrogens (tertiary/aromatic N) is 4. The maximum Gasteiger partial charge on any atom is 0.0986 e. The lowest BCUT2D eigenvalue weighted by Crippen LogP contribution is -2.22. The minimum Gasteiger partial charge on any atom is -0.353 e. The van der Waals surface area contributed by atoms with Crippen molar-refractivity contribution in [2.24, 2.45) is 14.1 Å². The standard InChI is InChI=1S/C17H20N4S/c1-12-4-5-14(22-12)10-21-9-13-8-20(3)18-17(13)15-6-7-19(2)16(15)11-21/h4-8H,9-11H2,1-3H3. The van der Waals surface area contributed by atoms with Crippen molar-refractivity contribution in [3.05, 3.63) is 51.6 Å². The van der Waals surface area contributed by atoms with Gasteiger partial charge in [-0.15, -0.1) is 11.3 Å². The minimum atomic E-state index is 0.953. The van der Waals surface area contributed by atoms with E-state index >= 15 is 0 Å². The summed E-state index contributed by atoms with van der Waals surface area (Å²) < 4.78 is 4.16. The number of hydrogen-bond acceptors (Lipinski definition) is 3. The number of fused-ring (bicyclic) bond motifs is 3. The molecule has 0 radical (unpaired) electrons. The molecule has 0 aromatic carbocycles. The van der Waals surface area contributed by atoms with Gasteiger partial charge in [-0.2, -0.15) is 5.10 Å². The van der Waals surface area contributed by atoms with Gasteiger partial charge >= 0.3 is 0 Å². The number of hydrogen-bond donors (Lipinski definition) is 0. The normalized spacial score (nSPS) is 14.7. The molecule has 1 aliphatic heterocycles. The number of thiophene rings is 1. The molecule has 4 nitrogen and oxygen atoms in total. The SMILES string of the molecule is Cc1ccc(CN2Cc3cn(C)nc3-c3ccn(C)c3C2)s1. The molecule has 3 aromatic heterocycles. The monoisotopic (exact) mass is 312 g/mol.